The summed E-state index contributed by atoms with van der Waals surface area (Å²) >= 11 is 0. The van der Waals surface area contributed by atoms with Crippen LogP contribution in [0.25, 0.3) is 0 Å². The van der Waals surface area contributed by atoms with Crippen molar-refractivity contribution in [2.24, 2.45) is 0 Å². The molecule has 0 spiro atoms. The number of carbonyl (C=O) groups is 1. The number of carbonyl (C=O) groups excluding carboxylic acids is 1. The van der Waals surface area contributed by atoms with Gasteiger partial charge in [-0.2, -0.15) is 0 Å². The molecule has 0 heterocycles. The minimum Gasteiger partial charge on any atom is -0.481 e. The maximum Gasteiger partial charge on any atom is 0.258 e. The van der Waals surface area contributed by atoms with E-state index < -0.39 is 41.8 Å². The Labute approximate surface area is 129 Å². The molecule has 0 aliphatic heterocycles. The van der Waals surface area contributed by atoms with E-state index in [2.05, 4.69) is 5.32 Å². The Morgan fingerprint density at radius 1 is 1.04 bits per heavy atom. The highest BCUT2D eigenvalue weighted by Crippen LogP contribution is 2.18. The summed E-state index contributed by atoms with van der Waals surface area (Å²) < 4.78 is 57.0. The molecule has 0 radical (unpaired) electrons. The summed E-state index contributed by atoms with van der Waals surface area (Å²) in [5.74, 6) is -4.54. The number of amides is 1. The first-order valence-electron chi connectivity index (χ1n) is 6.69. The Morgan fingerprint density at radius 3 is 2.43 bits per heavy atom. The third kappa shape index (κ3) is 4.45. The fraction of sp³-hybridized carbons (Fsp3) is 0.188. The van der Waals surface area contributed by atoms with Crippen molar-refractivity contribution in [1.82, 2.24) is 5.32 Å². The Balaban J connectivity index is 1.92. The predicted octanol–water partition coefficient (Wildman–Crippen LogP) is 3.50. The number of ether oxygens (including phenoxy) is 1. The number of halogens is 4. The zero-order chi connectivity index (χ0) is 17.0. The van der Waals surface area contributed by atoms with Gasteiger partial charge in [-0.05, 0) is 36.8 Å². The van der Waals surface area contributed by atoms with Gasteiger partial charge in [0, 0.05) is 6.07 Å². The van der Waals surface area contributed by atoms with Crippen LogP contribution in [0.4, 0.5) is 17.6 Å². The highest BCUT2D eigenvalue weighted by Gasteiger charge is 2.13. The normalized spacial score (nSPS) is 11.9. The first-order chi connectivity index (χ1) is 10.9. The number of benzene rings is 2. The van der Waals surface area contributed by atoms with Crippen LogP contribution in [0, 0.1) is 23.3 Å². The second kappa shape index (κ2) is 7.13. The lowest BCUT2D eigenvalue weighted by molar-refractivity contribution is -0.123. The van der Waals surface area contributed by atoms with Gasteiger partial charge in [0.05, 0.1) is 6.04 Å². The summed E-state index contributed by atoms with van der Waals surface area (Å²) in [6.45, 7) is 1.07. The van der Waals surface area contributed by atoms with E-state index in [4.69, 9.17) is 4.74 Å². The molecule has 0 aliphatic carbocycles. The third-order valence-electron chi connectivity index (χ3n) is 3.07. The highest BCUT2D eigenvalue weighted by atomic mass is 19.2. The summed E-state index contributed by atoms with van der Waals surface area (Å²) in [4.78, 5) is 11.7. The first-order valence-corrected chi connectivity index (χ1v) is 6.69. The van der Waals surface area contributed by atoms with Gasteiger partial charge in [-0.15, -0.1) is 0 Å². The summed E-state index contributed by atoms with van der Waals surface area (Å²) in [6, 6.07) is 5.37. The van der Waals surface area contributed by atoms with E-state index in [0.29, 0.717) is 11.6 Å². The topological polar surface area (TPSA) is 38.3 Å². The van der Waals surface area contributed by atoms with Gasteiger partial charge in [0.15, 0.2) is 29.8 Å². The maximum absolute atomic E-state index is 13.3. The van der Waals surface area contributed by atoms with Crippen LogP contribution in [0.1, 0.15) is 18.5 Å². The Hall–Kier alpha value is -2.57. The van der Waals surface area contributed by atoms with Crippen LogP contribution in [-0.2, 0) is 4.79 Å². The van der Waals surface area contributed by atoms with Gasteiger partial charge >= 0.3 is 0 Å². The van der Waals surface area contributed by atoms with Crippen molar-refractivity contribution in [3.05, 3.63) is 65.2 Å². The van der Waals surface area contributed by atoms with E-state index in [9.17, 15) is 22.4 Å². The van der Waals surface area contributed by atoms with Crippen LogP contribution in [-0.4, -0.2) is 12.5 Å². The lowest BCUT2D eigenvalue weighted by atomic mass is 10.1. The zero-order valence-corrected chi connectivity index (χ0v) is 12.1. The van der Waals surface area contributed by atoms with Crippen LogP contribution in [0.5, 0.6) is 5.75 Å². The first kappa shape index (κ1) is 16.8. The van der Waals surface area contributed by atoms with Crippen molar-refractivity contribution in [2.45, 2.75) is 13.0 Å². The molecular formula is C16H13F4NO2. The number of hydrogen-bond donors (Lipinski definition) is 1. The monoisotopic (exact) mass is 327 g/mol. The quantitative estimate of drug-likeness (QED) is 0.854. The molecular weight excluding hydrogens is 314 g/mol. The van der Waals surface area contributed by atoms with Crippen molar-refractivity contribution in [3.63, 3.8) is 0 Å². The predicted molar refractivity (Wildman–Crippen MR) is 74.8 cm³/mol. The lowest BCUT2D eigenvalue weighted by Gasteiger charge is -2.15. The van der Waals surface area contributed by atoms with Crippen LogP contribution in [0.15, 0.2) is 36.4 Å². The molecule has 1 unspecified atom stereocenters. The molecule has 1 N–H and O–H groups in total. The molecule has 0 bridgehead atoms. The molecule has 3 nitrogen and oxygen atoms in total. The summed E-state index contributed by atoms with van der Waals surface area (Å²) in [6.07, 6.45) is 0. The van der Waals surface area contributed by atoms with Crippen molar-refractivity contribution < 1.29 is 27.1 Å². The molecule has 2 aromatic rings. The molecule has 0 aromatic heterocycles. The molecule has 0 saturated heterocycles. The van der Waals surface area contributed by atoms with E-state index >= 15 is 0 Å². The van der Waals surface area contributed by atoms with E-state index in [1.807, 2.05) is 0 Å². The fourth-order valence-electron chi connectivity index (χ4n) is 1.88. The lowest BCUT2D eigenvalue weighted by Crippen LogP contribution is -2.31. The fourth-order valence-corrected chi connectivity index (χ4v) is 1.88. The van der Waals surface area contributed by atoms with Crippen molar-refractivity contribution in [3.8, 4) is 5.75 Å². The Morgan fingerprint density at radius 2 is 1.78 bits per heavy atom. The van der Waals surface area contributed by atoms with Gasteiger partial charge in [-0.1, -0.05) is 6.07 Å². The molecule has 122 valence electrons. The van der Waals surface area contributed by atoms with Crippen molar-refractivity contribution in [1.29, 1.82) is 0 Å². The van der Waals surface area contributed by atoms with Crippen LogP contribution in [0.3, 0.4) is 0 Å². The second-order valence-corrected chi connectivity index (χ2v) is 4.83. The maximum atomic E-state index is 13.3. The van der Waals surface area contributed by atoms with Gasteiger partial charge in [0.25, 0.3) is 5.91 Å². The largest absolute Gasteiger partial charge is 0.481 e. The smallest absolute Gasteiger partial charge is 0.258 e. The van der Waals surface area contributed by atoms with Crippen LogP contribution < -0.4 is 10.1 Å². The molecule has 1 atom stereocenters. The average molecular weight is 327 g/mol. The molecule has 7 heteroatoms. The van der Waals surface area contributed by atoms with E-state index in [1.54, 1.807) is 6.92 Å². The van der Waals surface area contributed by atoms with E-state index in [0.717, 1.165) is 24.3 Å². The minimum absolute atomic E-state index is 0.262. The molecule has 23 heavy (non-hydrogen) atoms. The summed E-state index contributed by atoms with van der Waals surface area (Å²) in [7, 11) is 0. The molecule has 0 aliphatic rings. The number of hydrogen-bond acceptors (Lipinski definition) is 2. The minimum atomic E-state index is -1.02. The van der Waals surface area contributed by atoms with E-state index in [1.165, 1.54) is 6.07 Å². The Kier molecular flexibility index (Phi) is 5.20. The van der Waals surface area contributed by atoms with Gasteiger partial charge in [0.2, 0.25) is 0 Å². The zero-order valence-electron chi connectivity index (χ0n) is 12.1. The van der Waals surface area contributed by atoms with Crippen molar-refractivity contribution >= 4 is 5.91 Å². The van der Waals surface area contributed by atoms with Crippen molar-refractivity contribution in [2.75, 3.05) is 6.61 Å². The van der Waals surface area contributed by atoms with Gasteiger partial charge in [-0.25, -0.2) is 17.6 Å². The van der Waals surface area contributed by atoms with Crippen LogP contribution >= 0.6 is 0 Å². The standard InChI is InChI=1S/C16H13F4NO2/c1-9(10-2-4-12(18)13(19)6-10)21-16(22)8-23-15-5-3-11(17)7-14(15)20/h2-7,9H,8H2,1H3,(H,21,22). The third-order valence-corrected chi connectivity index (χ3v) is 3.07. The molecule has 0 saturated carbocycles. The molecule has 1 amide bonds. The van der Waals surface area contributed by atoms with Gasteiger partial charge in [0.1, 0.15) is 5.82 Å². The number of rotatable bonds is 5. The highest BCUT2D eigenvalue weighted by molar-refractivity contribution is 5.78. The molecule has 0 fully saturated rings. The van der Waals surface area contributed by atoms with Crippen LogP contribution in [0.2, 0.25) is 0 Å². The summed E-state index contributed by atoms with van der Waals surface area (Å²) in [5, 5.41) is 2.49. The summed E-state index contributed by atoms with van der Waals surface area (Å²) in [5.41, 5.74) is 0.366. The van der Waals surface area contributed by atoms with Gasteiger partial charge < -0.3 is 10.1 Å². The number of nitrogens with one attached hydrogen (secondary N) is 1. The molecule has 2 aromatic carbocycles. The van der Waals surface area contributed by atoms with Gasteiger partial charge in [-0.3, -0.25) is 4.79 Å². The molecule has 2 rings (SSSR count). The van der Waals surface area contributed by atoms with E-state index in [-0.39, 0.29) is 5.75 Å². The SMILES string of the molecule is CC(NC(=O)COc1ccc(F)cc1F)c1ccc(F)c(F)c1. The second-order valence-electron chi connectivity index (χ2n) is 4.83. The Bertz CT molecular complexity index is 721. The average Bonchev–Trinajstić information content (AvgIpc) is 2.49.